The molecule has 54 heavy (non-hydrogen) atoms. The lowest BCUT2D eigenvalue weighted by molar-refractivity contribution is -0.277. The number of ether oxygens (including phenoxy) is 4. The van der Waals surface area contributed by atoms with Crippen molar-refractivity contribution >= 4 is 22.3 Å². The van der Waals surface area contributed by atoms with Gasteiger partial charge in [0.05, 0.1) is 43.4 Å². The van der Waals surface area contributed by atoms with Crippen molar-refractivity contribution in [1.29, 1.82) is 0 Å². The van der Waals surface area contributed by atoms with Crippen LogP contribution in [0.2, 0.25) is 0 Å². The van der Waals surface area contributed by atoms with Gasteiger partial charge in [0.15, 0.2) is 13.1 Å². The van der Waals surface area contributed by atoms with Crippen LogP contribution in [-0.2, 0) is 20.8 Å². The Hall–Kier alpha value is -4.93. The Kier molecular flexibility index (Phi) is 10.6. The minimum absolute atomic E-state index is 0.152. The van der Waals surface area contributed by atoms with E-state index in [0.717, 1.165) is 76.2 Å². The Balaban J connectivity index is 1.14. The van der Waals surface area contributed by atoms with Gasteiger partial charge in [-0.05, 0) is 53.6 Å². The normalized spacial score (nSPS) is 23.4. The monoisotopic (exact) mass is 739 g/mol. The highest BCUT2D eigenvalue weighted by Crippen LogP contribution is 2.42. The first kappa shape index (κ1) is 36.1. The van der Waals surface area contributed by atoms with Crippen LogP contribution in [0, 0.1) is 4.91 Å². The fourth-order valence-corrected chi connectivity index (χ4v) is 7.42. The second-order valence-electron chi connectivity index (χ2n) is 13.6. The Morgan fingerprint density at radius 2 is 1.59 bits per heavy atom. The number of hydrogen-bond acceptors (Lipinski definition) is 12. The fraction of sp³-hybridized carbons (Fsp3) is 0.375. The van der Waals surface area contributed by atoms with Gasteiger partial charge in [0.25, 0.3) is 0 Å². The summed E-state index contributed by atoms with van der Waals surface area (Å²) in [5, 5.41) is 46.9. The van der Waals surface area contributed by atoms with Crippen molar-refractivity contribution in [3.8, 4) is 28.2 Å². The first-order valence-electron chi connectivity index (χ1n) is 18.2. The molecule has 1 aliphatic carbocycles. The van der Waals surface area contributed by atoms with E-state index in [1.165, 1.54) is 5.01 Å². The number of aliphatic hydroxyl groups excluding tert-OH is 4. The summed E-state index contributed by atoms with van der Waals surface area (Å²) in [7, 11) is 0. The molecule has 0 spiro atoms. The van der Waals surface area contributed by atoms with Crippen molar-refractivity contribution in [1.82, 2.24) is 4.58 Å². The summed E-state index contributed by atoms with van der Waals surface area (Å²) in [5.41, 5.74) is 6.01. The summed E-state index contributed by atoms with van der Waals surface area (Å²) in [5.74, 6) is 1.02. The quantitative estimate of drug-likeness (QED) is 0.0756. The van der Waals surface area contributed by atoms with E-state index in [4.69, 9.17) is 23.4 Å². The summed E-state index contributed by atoms with van der Waals surface area (Å²) in [6.07, 6.45) is -7.06. The molecule has 3 aromatic rings. The second-order valence-corrected chi connectivity index (χ2v) is 13.6. The minimum Gasteiger partial charge on any atom is -0.462 e. The molecule has 4 heterocycles. The average Bonchev–Trinajstić information content (AvgIpc) is 3.23. The highest BCUT2D eigenvalue weighted by molar-refractivity contribution is 6.03. The molecule has 0 saturated carbocycles. The van der Waals surface area contributed by atoms with Gasteiger partial charge in [0.1, 0.15) is 54.7 Å². The van der Waals surface area contributed by atoms with E-state index in [1.807, 2.05) is 18.2 Å². The molecule has 14 nitrogen and oxygen atoms in total. The zero-order valence-electron chi connectivity index (χ0n) is 29.6. The molecule has 4 N–H and O–H groups in total. The van der Waals surface area contributed by atoms with Crippen molar-refractivity contribution in [2.75, 3.05) is 69.1 Å². The van der Waals surface area contributed by atoms with Crippen LogP contribution in [0.25, 0.3) is 33.4 Å². The van der Waals surface area contributed by atoms with Crippen molar-refractivity contribution in [2.45, 2.75) is 37.3 Å². The summed E-state index contributed by atoms with van der Waals surface area (Å²) in [6.45, 7) is 5.45. The highest BCUT2D eigenvalue weighted by atomic mass is 16.7. The summed E-state index contributed by atoms with van der Waals surface area (Å²) in [4.78, 5) is 14.7. The number of benzene rings is 4. The lowest BCUT2D eigenvalue weighted by Gasteiger charge is -2.39. The number of aliphatic hydroxyl groups is 4. The number of nitrogens with zero attached hydrogens (tertiary/aromatic N) is 4. The number of hydrogen-bond donors (Lipinski definition) is 4. The van der Waals surface area contributed by atoms with Gasteiger partial charge >= 0.3 is 0 Å². The predicted molar refractivity (Wildman–Crippen MR) is 200 cm³/mol. The Bertz CT molecular complexity index is 2130. The highest BCUT2D eigenvalue weighted by Gasteiger charge is 2.44. The van der Waals surface area contributed by atoms with Crippen molar-refractivity contribution in [3.05, 3.63) is 101 Å². The third kappa shape index (κ3) is 7.17. The number of nitroso groups, excluding NO2 is 1. The molecule has 3 saturated heterocycles. The van der Waals surface area contributed by atoms with Gasteiger partial charge in [0.2, 0.25) is 11.6 Å². The van der Waals surface area contributed by atoms with Crippen LogP contribution in [0.15, 0.2) is 94.6 Å². The van der Waals surface area contributed by atoms with E-state index in [9.17, 15) is 25.3 Å². The average molecular weight is 740 g/mol. The van der Waals surface area contributed by atoms with Crippen LogP contribution in [0.1, 0.15) is 5.56 Å². The van der Waals surface area contributed by atoms with Gasteiger partial charge in [-0.3, -0.25) is 0 Å². The van der Waals surface area contributed by atoms with Crippen molar-refractivity contribution in [3.63, 3.8) is 0 Å². The molecule has 0 bridgehead atoms. The topological polar surface area (TPSA) is 170 Å². The maximum atomic E-state index is 12.4. The van der Waals surface area contributed by atoms with E-state index >= 15 is 0 Å². The summed E-state index contributed by atoms with van der Waals surface area (Å²) in [6, 6.07) is 27.1. The van der Waals surface area contributed by atoms with Crippen molar-refractivity contribution in [2.24, 2.45) is 5.29 Å². The zero-order chi connectivity index (χ0) is 37.2. The fourth-order valence-electron chi connectivity index (χ4n) is 7.42. The molecule has 5 atom stereocenters. The summed E-state index contributed by atoms with van der Waals surface area (Å²) < 4.78 is 31.4. The number of rotatable bonds is 9. The molecule has 0 aromatic heterocycles. The largest absolute Gasteiger partial charge is 0.462 e. The van der Waals surface area contributed by atoms with Crippen molar-refractivity contribution < 1.29 is 43.8 Å². The van der Waals surface area contributed by atoms with Crippen LogP contribution in [-0.4, -0.2) is 110 Å². The lowest BCUT2D eigenvalue weighted by atomic mass is 9.90. The predicted octanol–water partition coefficient (Wildman–Crippen LogP) is 2.71. The third-order valence-corrected chi connectivity index (χ3v) is 10.4. The molecule has 5 aliphatic rings. The zero-order valence-corrected chi connectivity index (χ0v) is 29.6. The standard InChI is InChI=1S/C40H43N4O10/c45-24-35-37(46)38(47)39(48)40(54-35)52-29-9-5-26(6-10-29)44(41-49)23-25-3-1-2-4-30(25)36-31-11-7-27(42-13-17-50-18-14-42)21-33(31)53-34-22-28(8-12-32(34)36)43-15-19-51-20-16-43/h1-12,21-22,35,37-40,45-48H,13-20,23-24H2/q+1/t35-,37+,38+,39-,40?/m1/s1. The van der Waals surface area contributed by atoms with Gasteiger partial charge < -0.3 is 48.7 Å². The Morgan fingerprint density at radius 1 is 0.833 bits per heavy atom. The molecule has 0 radical (unpaired) electrons. The molecular formula is C40H43N4O10+. The third-order valence-electron chi connectivity index (χ3n) is 10.4. The van der Waals surface area contributed by atoms with E-state index in [0.29, 0.717) is 32.1 Å². The molecule has 3 fully saturated rings. The molecular weight excluding hydrogens is 696 g/mol. The van der Waals surface area contributed by atoms with Gasteiger partial charge in [0, 0.05) is 47.4 Å². The Labute approximate surface area is 310 Å². The molecule has 14 heteroatoms. The Morgan fingerprint density at radius 3 is 2.35 bits per heavy atom. The minimum atomic E-state index is -1.57. The lowest BCUT2D eigenvalue weighted by Crippen LogP contribution is -2.60. The maximum absolute atomic E-state index is 12.4. The van der Waals surface area contributed by atoms with E-state index in [2.05, 4.69) is 57.2 Å². The van der Waals surface area contributed by atoms with Crippen LogP contribution >= 0.6 is 0 Å². The smallest absolute Gasteiger partial charge is 0.229 e. The van der Waals surface area contributed by atoms with Gasteiger partial charge in [-0.25, -0.2) is 9.58 Å². The summed E-state index contributed by atoms with van der Waals surface area (Å²) >= 11 is 0. The van der Waals surface area contributed by atoms with Crippen LogP contribution < -0.4 is 24.6 Å². The van der Waals surface area contributed by atoms with Gasteiger partial charge in [-0.1, -0.05) is 24.3 Å². The van der Waals surface area contributed by atoms with Crippen LogP contribution in [0.5, 0.6) is 5.75 Å². The molecule has 3 aromatic carbocycles. The molecule has 8 rings (SSSR count). The molecule has 282 valence electrons. The maximum Gasteiger partial charge on any atom is 0.229 e. The second kappa shape index (κ2) is 15.8. The van der Waals surface area contributed by atoms with Gasteiger partial charge in [-0.2, -0.15) is 0 Å². The number of morpholine rings is 2. The van der Waals surface area contributed by atoms with Crippen LogP contribution in [0.4, 0.5) is 11.4 Å². The van der Waals surface area contributed by atoms with Gasteiger partial charge in [-0.15, -0.1) is 4.91 Å². The van der Waals surface area contributed by atoms with Crippen LogP contribution in [0.3, 0.4) is 0 Å². The van der Waals surface area contributed by atoms with E-state index in [-0.39, 0.29) is 12.3 Å². The number of fused-ring (bicyclic) bond motifs is 2. The SMILES string of the molecule is O=NN(Cc1ccccc1-c1c2ccc(=[N+]3CCOCC3)cc-2oc2cc(N3CCOCC3)ccc12)c1ccc(OC2O[C@H](CO)[C@H](O)[C@H](O)[C@H]2O)cc1. The number of anilines is 2. The van der Waals surface area contributed by atoms with E-state index in [1.54, 1.807) is 24.3 Å². The molecule has 4 aliphatic heterocycles. The van der Waals surface area contributed by atoms with E-state index < -0.39 is 37.3 Å². The molecule has 0 amide bonds. The molecule has 1 unspecified atom stereocenters. The first-order chi connectivity index (χ1) is 26.4. The first-order valence-corrected chi connectivity index (χ1v) is 18.2.